The van der Waals surface area contributed by atoms with Crippen LogP contribution in [0.2, 0.25) is 0 Å². The summed E-state index contributed by atoms with van der Waals surface area (Å²) in [6.07, 6.45) is 1.73. The van der Waals surface area contributed by atoms with Crippen molar-refractivity contribution in [3.63, 3.8) is 0 Å². The second-order valence-electron chi connectivity index (χ2n) is 12.0. The molecule has 2 atom stereocenters. The number of nitrogens with zero attached hydrogens (tertiary/aromatic N) is 2. The highest BCUT2D eigenvalue weighted by atomic mass is 19.1. The molecule has 0 saturated carbocycles. The second kappa shape index (κ2) is 13.5. The highest BCUT2D eigenvalue weighted by molar-refractivity contribution is 5.82. The first kappa shape index (κ1) is 31.2. The van der Waals surface area contributed by atoms with Gasteiger partial charge in [0.1, 0.15) is 12.2 Å². The quantitative estimate of drug-likeness (QED) is 0.295. The molecule has 1 saturated heterocycles. The van der Waals surface area contributed by atoms with Crippen LogP contribution in [-0.4, -0.2) is 52.3 Å². The summed E-state index contributed by atoms with van der Waals surface area (Å²) < 4.78 is 14.8. The summed E-state index contributed by atoms with van der Waals surface area (Å²) in [4.78, 5) is 41.0. The number of nitrogens with one attached hydrogen (secondary N) is 1. The Kier molecular flexibility index (Phi) is 9.99. The lowest BCUT2D eigenvalue weighted by Gasteiger charge is -2.34. The monoisotopic (exact) mass is 575 g/mol. The fourth-order valence-electron chi connectivity index (χ4n) is 5.83. The number of aryl methyl sites for hydroxylation is 3. The van der Waals surface area contributed by atoms with E-state index in [2.05, 4.69) is 5.32 Å². The van der Waals surface area contributed by atoms with Crippen molar-refractivity contribution in [3.8, 4) is 11.1 Å². The minimum Gasteiger partial charge on any atom is -0.481 e. The molecule has 1 aliphatic rings. The molecular formula is C34H42FN3O4. The van der Waals surface area contributed by atoms with E-state index in [1.54, 1.807) is 12.3 Å². The maximum atomic E-state index is 13.9. The molecule has 7 nitrogen and oxygen atoms in total. The van der Waals surface area contributed by atoms with Crippen molar-refractivity contribution < 1.29 is 19.1 Å². The molecule has 2 heterocycles. The first-order valence-electron chi connectivity index (χ1n) is 14.7. The molecule has 1 aromatic heterocycles. The molecule has 224 valence electrons. The number of halogens is 1. The van der Waals surface area contributed by atoms with Crippen molar-refractivity contribution in [2.75, 3.05) is 19.6 Å². The SMILES string of the molecule is Cc1cc(=O)n(C(CC(C)C)C(=O)NC(CC(=O)O)c2cccc(-c3c(C)cccc3C)c2)cc1CCN1CC(F)C1. The first-order chi connectivity index (χ1) is 19.9. The van der Waals surface area contributed by atoms with Crippen molar-refractivity contribution >= 4 is 11.9 Å². The fourth-order valence-corrected chi connectivity index (χ4v) is 5.83. The van der Waals surface area contributed by atoms with E-state index in [1.165, 1.54) is 4.57 Å². The third-order valence-corrected chi connectivity index (χ3v) is 8.09. The van der Waals surface area contributed by atoms with Gasteiger partial charge in [-0.2, -0.15) is 0 Å². The summed E-state index contributed by atoms with van der Waals surface area (Å²) in [6, 6.07) is 13.7. The number of carbonyl (C=O) groups excluding carboxylic acids is 1. The Morgan fingerprint density at radius 3 is 2.31 bits per heavy atom. The molecule has 2 N–H and O–H groups in total. The number of likely N-dealkylation sites (tertiary alicyclic amines) is 1. The average molecular weight is 576 g/mol. The molecule has 4 rings (SSSR count). The summed E-state index contributed by atoms with van der Waals surface area (Å²) in [7, 11) is 0. The van der Waals surface area contributed by atoms with Crippen LogP contribution in [0, 0.1) is 26.7 Å². The van der Waals surface area contributed by atoms with E-state index in [0.717, 1.165) is 33.4 Å². The van der Waals surface area contributed by atoms with Gasteiger partial charge in [0.25, 0.3) is 5.56 Å². The van der Waals surface area contributed by atoms with E-state index in [-0.39, 0.29) is 17.9 Å². The zero-order valence-corrected chi connectivity index (χ0v) is 25.2. The number of carbonyl (C=O) groups is 2. The van der Waals surface area contributed by atoms with Gasteiger partial charge in [-0.05, 0) is 84.5 Å². The van der Waals surface area contributed by atoms with Crippen LogP contribution in [0.3, 0.4) is 0 Å². The predicted molar refractivity (Wildman–Crippen MR) is 163 cm³/mol. The van der Waals surface area contributed by atoms with Crippen molar-refractivity contribution in [1.29, 1.82) is 0 Å². The van der Waals surface area contributed by atoms with Gasteiger partial charge in [0.15, 0.2) is 0 Å². The molecule has 2 unspecified atom stereocenters. The van der Waals surface area contributed by atoms with Gasteiger partial charge in [0.2, 0.25) is 5.91 Å². The molecule has 1 amide bonds. The maximum Gasteiger partial charge on any atom is 0.305 e. The van der Waals surface area contributed by atoms with E-state index in [1.807, 2.05) is 82.0 Å². The summed E-state index contributed by atoms with van der Waals surface area (Å²) in [5, 5.41) is 12.7. The lowest BCUT2D eigenvalue weighted by atomic mass is 9.92. The number of benzene rings is 2. The van der Waals surface area contributed by atoms with E-state index in [4.69, 9.17) is 0 Å². The standard InChI is InChI=1S/C34H42FN3O4/c1-21(2)14-30(38-18-27(24(5)15-31(38)39)12-13-37-19-28(35)20-37)34(42)36-29(17-32(40)41)25-10-7-11-26(16-25)33-22(3)8-6-9-23(33)4/h6-11,15-16,18,21,28-30H,12-14,17,19-20H2,1-5H3,(H,36,42)(H,40,41). The molecule has 1 fully saturated rings. The van der Waals surface area contributed by atoms with Crippen LogP contribution in [0.5, 0.6) is 0 Å². The van der Waals surface area contributed by atoms with E-state index < -0.39 is 30.1 Å². The first-order valence-corrected chi connectivity index (χ1v) is 14.7. The topological polar surface area (TPSA) is 91.6 Å². The van der Waals surface area contributed by atoms with Gasteiger partial charge >= 0.3 is 5.97 Å². The van der Waals surface area contributed by atoms with Gasteiger partial charge in [-0.1, -0.05) is 50.2 Å². The lowest BCUT2D eigenvalue weighted by Crippen LogP contribution is -2.49. The Hall–Kier alpha value is -3.78. The van der Waals surface area contributed by atoms with Crippen molar-refractivity contribution in [2.45, 2.75) is 72.1 Å². The number of amides is 1. The highest BCUT2D eigenvalue weighted by Crippen LogP contribution is 2.30. The molecule has 42 heavy (non-hydrogen) atoms. The molecule has 2 aromatic carbocycles. The van der Waals surface area contributed by atoms with Crippen molar-refractivity contribution in [2.24, 2.45) is 5.92 Å². The smallest absolute Gasteiger partial charge is 0.305 e. The molecule has 0 bridgehead atoms. The predicted octanol–water partition coefficient (Wildman–Crippen LogP) is 5.56. The van der Waals surface area contributed by atoms with Crippen LogP contribution in [0.15, 0.2) is 59.5 Å². The summed E-state index contributed by atoms with van der Waals surface area (Å²) in [5.41, 5.74) is 6.42. The second-order valence-corrected chi connectivity index (χ2v) is 12.0. The number of carboxylic acid groups (broad SMARTS) is 1. The highest BCUT2D eigenvalue weighted by Gasteiger charge is 2.28. The minimum atomic E-state index is -1.03. The number of alkyl halides is 1. The molecule has 0 aliphatic carbocycles. The van der Waals surface area contributed by atoms with Crippen LogP contribution >= 0.6 is 0 Å². The summed E-state index contributed by atoms with van der Waals surface area (Å²) >= 11 is 0. The molecule has 0 spiro atoms. The molecule has 1 aliphatic heterocycles. The van der Waals surface area contributed by atoms with Gasteiger partial charge in [-0.25, -0.2) is 4.39 Å². The molecule has 3 aromatic rings. The third-order valence-electron chi connectivity index (χ3n) is 8.09. The Morgan fingerprint density at radius 2 is 1.69 bits per heavy atom. The van der Waals surface area contributed by atoms with Crippen LogP contribution < -0.4 is 10.9 Å². The average Bonchev–Trinajstić information content (AvgIpc) is 2.89. The van der Waals surface area contributed by atoms with E-state index in [0.29, 0.717) is 38.0 Å². The lowest BCUT2D eigenvalue weighted by molar-refractivity contribution is -0.138. The number of aromatic nitrogens is 1. The Morgan fingerprint density at radius 1 is 1.02 bits per heavy atom. The summed E-state index contributed by atoms with van der Waals surface area (Å²) in [5.74, 6) is -1.33. The van der Waals surface area contributed by atoms with Crippen LogP contribution in [0.25, 0.3) is 11.1 Å². The number of aliphatic carboxylic acids is 1. The van der Waals surface area contributed by atoms with Gasteiger partial charge in [-0.3, -0.25) is 19.3 Å². The van der Waals surface area contributed by atoms with Crippen molar-refractivity contribution in [3.05, 3.63) is 92.9 Å². The van der Waals surface area contributed by atoms with Gasteiger partial charge in [0.05, 0.1) is 12.5 Å². The minimum absolute atomic E-state index is 0.102. The number of hydrogen-bond donors (Lipinski definition) is 2. The van der Waals surface area contributed by atoms with Crippen LogP contribution in [0.1, 0.15) is 66.6 Å². The largest absolute Gasteiger partial charge is 0.481 e. The third kappa shape index (κ3) is 7.53. The molecule has 0 radical (unpaired) electrons. The van der Waals surface area contributed by atoms with Gasteiger partial charge < -0.3 is 15.0 Å². The number of hydrogen-bond acceptors (Lipinski definition) is 4. The van der Waals surface area contributed by atoms with Crippen molar-refractivity contribution in [1.82, 2.24) is 14.8 Å². The normalized spacial score (nSPS) is 15.3. The fraction of sp³-hybridized carbons (Fsp3) is 0.441. The number of pyridine rings is 1. The Balaban J connectivity index is 1.64. The molecule has 8 heteroatoms. The molecular weight excluding hydrogens is 533 g/mol. The number of rotatable bonds is 12. The van der Waals surface area contributed by atoms with Gasteiger partial charge in [-0.15, -0.1) is 0 Å². The summed E-state index contributed by atoms with van der Waals surface area (Å²) in [6.45, 7) is 11.4. The zero-order chi connectivity index (χ0) is 30.6. The van der Waals surface area contributed by atoms with Gasteiger partial charge in [0, 0.05) is 31.9 Å². The maximum absolute atomic E-state index is 13.9. The Labute approximate surface area is 247 Å². The number of carboxylic acids is 1. The zero-order valence-electron chi connectivity index (χ0n) is 25.2. The van der Waals surface area contributed by atoms with Crippen LogP contribution in [-0.2, 0) is 16.0 Å². The van der Waals surface area contributed by atoms with E-state index in [9.17, 15) is 23.9 Å². The van der Waals surface area contributed by atoms with Crippen LogP contribution in [0.4, 0.5) is 4.39 Å². The Bertz CT molecular complexity index is 1470. The van der Waals surface area contributed by atoms with E-state index >= 15 is 0 Å².